The molecule has 5 nitrogen and oxygen atoms in total. The topological polar surface area (TPSA) is 72.6 Å². The molecule has 0 aromatic carbocycles. The van der Waals surface area contributed by atoms with Gasteiger partial charge in [0, 0.05) is 19.5 Å². The molecule has 112 valence electrons. The molecular weight excluding hydrogens is 244 g/mol. The number of nitrogens with two attached hydrogens (primary N) is 1. The summed E-state index contributed by atoms with van der Waals surface area (Å²) in [6, 6.07) is 0. The van der Waals surface area contributed by atoms with Crippen LogP contribution in [0.2, 0.25) is 0 Å². The molecule has 0 radical (unpaired) electrons. The molecule has 1 atom stereocenters. The van der Waals surface area contributed by atoms with Crippen molar-refractivity contribution >= 4 is 11.9 Å². The highest BCUT2D eigenvalue weighted by molar-refractivity contribution is 5.80. The molecule has 5 heteroatoms. The first-order valence-corrected chi connectivity index (χ1v) is 7.07. The van der Waals surface area contributed by atoms with Crippen molar-refractivity contribution in [3.05, 3.63) is 0 Å². The Labute approximate surface area is 116 Å². The number of hydrogen-bond donors (Lipinski definition) is 1. The van der Waals surface area contributed by atoms with Crippen molar-refractivity contribution in [2.45, 2.75) is 40.5 Å². The van der Waals surface area contributed by atoms with E-state index in [0.29, 0.717) is 32.0 Å². The van der Waals surface area contributed by atoms with Crippen LogP contribution in [0.15, 0.2) is 0 Å². The van der Waals surface area contributed by atoms with Gasteiger partial charge in [-0.2, -0.15) is 0 Å². The molecule has 1 amide bonds. The van der Waals surface area contributed by atoms with Crippen LogP contribution < -0.4 is 5.73 Å². The van der Waals surface area contributed by atoms with E-state index in [1.807, 2.05) is 13.8 Å². The molecule has 0 unspecified atom stereocenters. The summed E-state index contributed by atoms with van der Waals surface area (Å²) in [6.45, 7) is 9.55. The van der Waals surface area contributed by atoms with E-state index in [1.165, 1.54) is 0 Å². The first-order chi connectivity index (χ1) is 8.94. The van der Waals surface area contributed by atoms with Gasteiger partial charge < -0.3 is 15.4 Å². The Bertz CT molecular complexity index is 276. The summed E-state index contributed by atoms with van der Waals surface area (Å²) in [5, 5.41) is 0. The number of hydrogen-bond acceptors (Lipinski definition) is 4. The lowest BCUT2D eigenvalue weighted by molar-refractivity contribution is -0.152. The van der Waals surface area contributed by atoms with Gasteiger partial charge in [0.15, 0.2) is 6.61 Å². The van der Waals surface area contributed by atoms with Gasteiger partial charge in [-0.25, -0.2) is 0 Å². The highest BCUT2D eigenvalue weighted by Gasteiger charge is 2.17. The number of esters is 1. The second-order valence-electron chi connectivity index (χ2n) is 5.16. The van der Waals surface area contributed by atoms with E-state index < -0.39 is 0 Å². The van der Waals surface area contributed by atoms with Crippen LogP contribution in [-0.2, 0) is 14.3 Å². The zero-order chi connectivity index (χ0) is 14.8. The van der Waals surface area contributed by atoms with E-state index in [9.17, 15) is 9.59 Å². The van der Waals surface area contributed by atoms with Crippen LogP contribution >= 0.6 is 0 Å². The van der Waals surface area contributed by atoms with Gasteiger partial charge in [-0.15, -0.1) is 0 Å². The highest BCUT2D eigenvalue weighted by Crippen LogP contribution is 2.14. The zero-order valence-electron chi connectivity index (χ0n) is 12.6. The predicted octanol–water partition coefficient (Wildman–Crippen LogP) is 1.41. The van der Waals surface area contributed by atoms with Gasteiger partial charge in [0.2, 0.25) is 0 Å². The molecule has 0 spiro atoms. The smallest absolute Gasteiger partial charge is 0.306 e. The Morgan fingerprint density at radius 2 is 1.79 bits per heavy atom. The summed E-state index contributed by atoms with van der Waals surface area (Å²) in [5.41, 5.74) is 5.63. The fourth-order valence-corrected chi connectivity index (χ4v) is 2.03. The maximum absolute atomic E-state index is 11.7. The van der Waals surface area contributed by atoms with E-state index >= 15 is 0 Å². The minimum absolute atomic E-state index is 0.135. The predicted molar refractivity (Wildman–Crippen MR) is 75.5 cm³/mol. The van der Waals surface area contributed by atoms with Crippen molar-refractivity contribution in [3.63, 3.8) is 0 Å². The van der Waals surface area contributed by atoms with Gasteiger partial charge >= 0.3 is 5.97 Å². The number of nitrogens with zero attached hydrogens (tertiary/aromatic N) is 1. The molecule has 2 N–H and O–H groups in total. The quantitative estimate of drug-likeness (QED) is 0.644. The van der Waals surface area contributed by atoms with Gasteiger partial charge in [-0.3, -0.25) is 9.59 Å². The second-order valence-corrected chi connectivity index (χ2v) is 5.16. The summed E-state index contributed by atoms with van der Waals surface area (Å²) in [4.78, 5) is 25.0. The number of likely N-dealkylation sites (N-methyl/N-ethyl adjacent to an activating group) is 1. The lowest BCUT2D eigenvalue weighted by atomic mass is 9.94. The summed E-state index contributed by atoms with van der Waals surface area (Å²) >= 11 is 0. The Balaban J connectivity index is 4.06. The Morgan fingerprint density at radius 3 is 2.21 bits per heavy atom. The molecule has 0 saturated heterocycles. The SMILES string of the molecule is CCN(CC)C(=O)COC(=O)C[C@@H](CN)CC(C)C. The molecule has 0 bridgehead atoms. The Kier molecular flexibility index (Phi) is 9.21. The molecular formula is C14H28N2O3. The lowest BCUT2D eigenvalue weighted by Crippen LogP contribution is -2.34. The molecule has 0 aliphatic carbocycles. The van der Waals surface area contributed by atoms with Crippen molar-refractivity contribution in [1.82, 2.24) is 4.90 Å². The monoisotopic (exact) mass is 272 g/mol. The molecule has 0 fully saturated rings. The van der Waals surface area contributed by atoms with Crippen LogP contribution in [0.4, 0.5) is 0 Å². The summed E-state index contributed by atoms with van der Waals surface area (Å²) < 4.78 is 5.02. The van der Waals surface area contributed by atoms with Crippen LogP contribution in [-0.4, -0.2) is 43.0 Å². The van der Waals surface area contributed by atoms with Gasteiger partial charge in [0.05, 0.1) is 0 Å². The minimum atomic E-state index is -0.336. The van der Waals surface area contributed by atoms with Crippen LogP contribution in [0.25, 0.3) is 0 Å². The van der Waals surface area contributed by atoms with E-state index in [2.05, 4.69) is 13.8 Å². The van der Waals surface area contributed by atoms with Gasteiger partial charge in [-0.05, 0) is 38.6 Å². The summed E-state index contributed by atoms with van der Waals surface area (Å²) in [5.74, 6) is 0.151. The van der Waals surface area contributed by atoms with E-state index in [1.54, 1.807) is 4.90 Å². The molecule has 19 heavy (non-hydrogen) atoms. The van der Waals surface area contributed by atoms with Crippen molar-refractivity contribution < 1.29 is 14.3 Å². The average molecular weight is 272 g/mol. The maximum atomic E-state index is 11.7. The summed E-state index contributed by atoms with van der Waals surface area (Å²) in [6.07, 6.45) is 1.19. The highest BCUT2D eigenvalue weighted by atomic mass is 16.5. The van der Waals surface area contributed by atoms with Crippen LogP contribution in [0.1, 0.15) is 40.5 Å². The third-order valence-electron chi connectivity index (χ3n) is 3.07. The fourth-order valence-electron chi connectivity index (χ4n) is 2.03. The largest absolute Gasteiger partial charge is 0.456 e. The van der Waals surface area contributed by atoms with Gasteiger partial charge in [0.1, 0.15) is 0 Å². The van der Waals surface area contributed by atoms with Crippen molar-refractivity contribution in [2.75, 3.05) is 26.2 Å². The first kappa shape index (κ1) is 17.9. The zero-order valence-corrected chi connectivity index (χ0v) is 12.6. The van der Waals surface area contributed by atoms with Crippen LogP contribution in [0, 0.1) is 11.8 Å². The Morgan fingerprint density at radius 1 is 1.21 bits per heavy atom. The number of ether oxygens (including phenoxy) is 1. The van der Waals surface area contributed by atoms with Crippen LogP contribution in [0.3, 0.4) is 0 Å². The average Bonchev–Trinajstić information content (AvgIpc) is 2.36. The molecule has 0 heterocycles. The van der Waals surface area contributed by atoms with Gasteiger partial charge in [0.25, 0.3) is 5.91 Å². The first-order valence-electron chi connectivity index (χ1n) is 7.07. The molecule has 0 aliphatic heterocycles. The standard InChI is InChI=1S/C14H28N2O3/c1-5-16(6-2)13(17)10-19-14(18)8-12(9-15)7-11(3)4/h11-12H,5-10,15H2,1-4H3/t12-/m0/s1. The lowest BCUT2D eigenvalue weighted by Gasteiger charge is -2.19. The fraction of sp³-hybridized carbons (Fsp3) is 0.857. The van der Waals surface area contributed by atoms with Gasteiger partial charge in [-0.1, -0.05) is 13.8 Å². The number of amides is 1. The number of rotatable bonds is 9. The molecule has 0 aliphatic rings. The van der Waals surface area contributed by atoms with E-state index in [0.717, 1.165) is 6.42 Å². The second kappa shape index (κ2) is 9.78. The maximum Gasteiger partial charge on any atom is 0.306 e. The molecule has 0 saturated carbocycles. The van der Waals surface area contributed by atoms with E-state index in [4.69, 9.17) is 10.5 Å². The van der Waals surface area contributed by atoms with E-state index in [-0.39, 0.29) is 24.4 Å². The third-order valence-corrected chi connectivity index (χ3v) is 3.07. The minimum Gasteiger partial charge on any atom is -0.456 e. The van der Waals surface area contributed by atoms with Crippen molar-refractivity contribution in [1.29, 1.82) is 0 Å². The summed E-state index contributed by atoms with van der Waals surface area (Å²) in [7, 11) is 0. The van der Waals surface area contributed by atoms with Crippen molar-refractivity contribution in [3.8, 4) is 0 Å². The molecule has 0 rings (SSSR count). The Hall–Kier alpha value is -1.10. The van der Waals surface area contributed by atoms with Crippen molar-refractivity contribution in [2.24, 2.45) is 17.6 Å². The van der Waals surface area contributed by atoms with Crippen LogP contribution in [0.5, 0.6) is 0 Å². The number of carbonyl (C=O) groups excluding carboxylic acids is 2. The third kappa shape index (κ3) is 7.82. The molecule has 0 aromatic heterocycles. The number of carbonyl (C=O) groups is 2. The normalized spacial score (nSPS) is 12.3. The molecule has 0 aromatic rings.